The number of aryl methyl sites for hydroxylation is 2. The van der Waals surface area contributed by atoms with Crippen molar-refractivity contribution in [2.75, 3.05) is 12.3 Å². The van der Waals surface area contributed by atoms with E-state index in [0.29, 0.717) is 6.42 Å². The first-order valence-electron chi connectivity index (χ1n) is 6.83. The van der Waals surface area contributed by atoms with Crippen LogP contribution >= 0.6 is 0 Å². The van der Waals surface area contributed by atoms with Crippen LogP contribution in [-0.4, -0.2) is 26.8 Å². The van der Waals surface area contributed by atoms with Gasteiger partial charge in [0.05, 0.1) is 11.5 Å². The molecule has 3 nitrogen and oxygen atoms in total. The van der Waals surface area contributed by atoms with Crippen molar-refractivity contribution in [3.8, 4) is 0 Å². The number of hydrogen-bond donors (Lipinski definition) is 1. The maximum atomic E-state index is 12.1. The summed E-state index contributed by atoms with van der Waals surface area (Å²) in [5.74, 6) is 0.391. The molecule has 0 bridgehead atoms. The fourth-order valence-corrected chi connectivity index (χ4v) is 3.82. The van der Waals surface area contributed by atoms with Crippen LogP contribution in [0.2, 0.25) is 0 Å². The number of benzene rings is 1. The van der Waals surface area contributed by atoms with E-state index in [9.17, 15) is 8.42 Å². The molecule has 0 aliphatic rings. The third-order valence-corrected chi connectivity index (χ3v) is 4.71. The zero-order chi connectivity index (χ0) is 14.5. The second kappa shape index (κ2) is 7.06. The molecule has 0 fully saturated rings. The third kappa shape index (κ3) is 6.21. The summed E-state index contributed by atoms with van der Waals surface area (Å²) in [5, 5.41) is 3.24. The number of sulfone groups is 1. The fraction of sp³-hybridized carbons (Fsp3) is 0.600. The Morgan fingerprint density at radius 3 is 2.26 bits per heavy atom. The van der Waals surface area contributed by atoms with Gasteiger partial charge in [-0.1, -0.05) is 36.2 Å². The molecule has 1 aromatic carbocycles. The molecule has 0 amide bonds. The van der Waals surface area contributed by atoms with E-state index in [1.54, 1.807) is 0 Å². The van der Waals surface area contributed by atoms with Crippen molar-refractivity contribution >= 4 is 9.84 Å². The van der Waals surface area contributed by atoms with Crippen molar-refractivity contribution in [2.45, 2.75) is 45.9 Å². The Morgan fingerprint density at radius 1 is 1.16 bits per heavy atom. The van der Waals surface area contributed by atoms with Crippen LogP contribution in [0.4, 0.5) is 0 Å². The van der Waals surface area contributed by atoms with Gasteiger partial charge >= 0.3 is 0 Å². The molecular formula is C15H25NO2S. The van der Waals surface area contributed by atoms with Gasteiger partial charge in [-0.15, -0.1) is 0 Å². The van der Waals surface area contributed by atoms with Crippen molar-refractivity contribution in [3.63, 3.8) is 0 Å². The van der Waals surface area contributed by atoms with E-state index >= 15 is 0 Å². The second-order valence-electron chi connectivity index (χ2n) is 5.34. The highest BCUT2D eigenvalue weighted by molar-refractivity contribution is 7.90. The minimum Gasteiger partial charge on any atom is -0.314 e. The molecule has 1 rings (SSSR count). The summed E-state index contributed by atoms with van der Waals surface area (Å²) in [7, 11) is -3.02. The van der Waals surface area contributed by atoms with E-state index < -0.39 is 9.84 Å². The van der Waals surface area contributed by atoms with E-state index in [4.69, 9.17) is 0 Å². The van der Waals surface area contributed by atoms with E-state index in [-0.39, 0.29) is 17.5 Å². The highest BCUT2D eigenvalue weighted by atomic mass is 32.2. The first-order chi connectivity index (χ1) is 8.82. The zero-order valence-electron chi connectivity index (χ0n) is 12.4. The number of nitrogens with one attached hydrogen (secondary N) is 1. The summed E-state index contributed by atoms with van der Waals surface area (Å²) >= 11 is 0. The average molecular weight is 283 g/mol. The van der Waals surface area contributed by atoms with Crippen molar-refractivity contribution in [2.24, 2.45) is 0 Å². The lowest BCUT2D eigenvalue weighted by Crippen LogP contribution is -2.28. The standard InChI is InChI=1S/C15H25NO2S/c1-5-16-14(4)6-7-19(17,18)11-15-9-12(2)8-13(3)10-15/h8-10,14,16H,5-7,11H2,1-4H3. The smallest absolute Gasteiger partial charge is 0.154 e. The minimum absolute atomic E-state index is 0.147. The summed E-state index contributed by atoms with van der Waals surface area (Å²) in [4.78, 5) is 0. The Hall–Kier alpha value is -0.870. The summed E-state index contributed by atoms with van der Waals surface area (Å²) in [5.41, 5.74) is 3.13. The Balaban J connectivity index is 2.63. The first-order valence-corrected chi connectivity index (χ1v) is 8.65. The lowest BCUT2D eigenvalue weighted by molar-refractivity contribution is 0.541. The van der Waals surface area contributed by atoms with E-state index in [2.05, 4.69) is 11.4 Å². The van der Waals surface area contributed by atoms with Crippen LogP contribution in [0.5, 0.6) is 0 Å². The van der Waals surface area contributed by atoms with Crippen molar-refractivity contribution < 1.29 is 8.42 Å². The maximum Gasteiger partial charge on any atom is 0.154 e. The summed E-state index contributed by atoms with van der Waals surface area (Å²) in [6.45, 7) is 8.92. The quantitative estimate of drug-likeness (QED) is 0.836. The monoisotopic (exact) mass is 283 g/mol. The molecule has 0 saturated heterocycles. The van der Waals surface area contributed by atoms with Crippen LogP contribution in [0.3, 0.4) is 0 Å². The third-order valence-electron chi connectivity index (χ3n) is 3.08. The predicted molar refractivity (Wildman–Crippen MR) is 81.2 cm³/mol. The van der Waals surface area contributed by atoms with Gasteiger partial charge in [-0.05, 0) is 39.3 Å². The molecule has 0 radical (unpaired) electrons. The van der Waals surface area contributed by atoms with Gasteiger partial charge in [0.1, 0.15) is 0 Å². The van der Waals surface area contributed by atoms with Gasteiger partial charge in [-0.25, -0.2) is 8.42 Å². The molecule has 1 unspecified atom stereocenters. The Labute approximate surface area is 117 Å². The van der Waals surface area contributed by atoms with Gasteiger partial charge in [0.25, 0.3) is 0 Å². The SMILES string of the molecule is CCNC(C)CCS(=O)(=O)Cc1cc(C)cc(C)c1. The molecular weight excluding hydrogens is 258 g/mol. The van der Waals surface area contributed by atoms with Gasteiger partial charge < -0.3 is 5.32 Å². The largest absolute Gasteiger partial charge is 0.314 e. The Bertz CT molecular complexity index is 489. The molecule has 1 aromatic rings. The van der Waals surface area contributed by atoms with Crippen LogP contribution in [-0.2, 0) is 15.6 Å². The van der Waals surface area contributed by atoms with Crippen molar-refractivity contribution in [3.05, 3.63) is 34.9 Å². The van der Waals surface area contributed by atoms with Crippen molar-refractivity contribution in [1.82, 2.24) is 5.32 Å². The molecule has 4 heteroatoms. The van der Waals surface area contributed by atoms with Gasteiger partial charge in [0.15, 0.2) is 9.84 Å². The molecule has 0 saturated carbocycles. The van der Waals surface area contributed by atoms with E-state index in [0.717, 1.165) is 23.2 Å². The molecule has 108 valence electrons. The summed E-state index contributed by atoms with van der Waals surface area (Å²) in [6, 6.07) is 6.22. The van der Waals surface area contributed by atoms with Crippen LogP contribution < -0.4 is 5.32 Å². The van der Waals surface area contributed by atoms with Crippen LogP contribution in [0.1, 0.15) is 37.0 Å². The Kier molecular flexibility index (Phi) is 6.01. The fourth-order valence-electron chi connectivity index (χ4n) is 2.29. The van der Waals surface area contributed by atoms with Gasteiger partial charge in [0, 0.05) is 6.04 Å². The summed E-state index contributed by atoms with van der Waals surface area (Å²) < 4.78 is 24.2. The lowest BCUT2D eigenvalue weighted by Gasteiger charge is -2.12. The van der Waals surface area contributed by atoms with Gasteiger partial charge in [0.2, 0.25) is 0 Å². The topological polar surface area (TPSA) is 46.2 Å². The zero-order valence-corrected chi connectivity index (χ0v) is 13.2. The molecule has 0 aromatic heterocycles. The van der Waals surface area contributed by atoms with Gasteiger partial charge in [-0.2, -0.15) is 0 Å². The van der Waals surface area contributed by atoms with Crippen LogP contribution in [0, 0.1) is 13.8 Å². The molecule has 0 aliphatic heterocycles. The highest BCUT2D eigenvalue weighted by Crippen LogP contribution is 2.13. The maximum absolute atomic E-state index is 12.1. The average Bonchev–Trinajstić information content (AvgIpc) is 2.25. The number of rotatable bonds is 7. The van der Waals surface area contributed by atoms with Crippen LogP contribution in [0.25, 0.3) is 0 Å². The Morgan fingerprint density at radius 2 is 1.74 bits per heavy atom. The van der Waals surface area contributed by atoms with E-state index in [1.165, 1.54) is 0 Å². The highest BCUT2D eigenvalue weighted by Gasteiger charge is 2.14. The second-order valence-corrected chi connectivity index (χ2v) is 7.52. The molecule has 0 spiro atoms. The summed E-state index contributed by atoms with van der Waals surface area (Å²) in [6.07, 6.45) is 0.668. The molecule has 1 N–H and O–H groups in total. The first kappa shape index (κ1) is 16.2. The van der Waals surface area contributed by atoms with Crippen molar-refractivity contribution in [1.29, 1.82) is 0 Å². The van der Waals surface area contributed by atoms with Crippen LogP contribution in [0.15, 0.2) is 18.2 Å². The minimum atomic E-state index is -3.02. The normalized spacial score (nSPS) is 13.5. The lowest BCUT2D eigenvalue weighted by atomic mass is 10.1. The molecule has 0 heterocycles. The molecule has 19 heavy (non-hydrogen) atoms. The van der Waals surface area contributed by atoms with Gasteiger partial charge in [-0.3, -0.25) is 0 Å². The number of hydrogen-bond acceptors (Lipinski definition) is 3. The predicted octanol–water partition coefficient (Wildman–Crippen LogP) is 2.61. The molecule has 1 atom stereocenters. The molecule has 0 aliphatic carbocycles. The van der Waals surface area contributed by atoms with E-state index in [1.807, 2.05) is 39.8 Å².